The molecule has 0 bridgehead atoms. The van der Waals surface area contributed by atoms with Gasteiger partial charge in [-0.05, 0) is 24.6 Å². The maximum atomic E-state index is 13.8. The third-order valence-electron chi connectivity index (χ3n) is 3.77. The van der Waals surface area contributed by atoms with Gasteiger partial charge in [0, 0.05) is 10.8 Å². The van der Waals surface area contributed by atoms with Crippen LogP contribution in [0.25, 0.3) is 16.3 Å². The SMILES string of the molecule is COC(=O)c1c(-c2cccc(F)c2)c(C)nn1-c1nc(C#N)c(SC(C)C)s1. The second-order valence-corrected chi connectivity index (χ2v) is 8.96. The van der Waals surface area contributed by atoms with E-state index in [0.29, 0.717) is 22.0 Å². The van der Waals surface area contributed by atoms with Gasteiger partial charge in [0.1, 0.15) is 16.1 Å². The summed E-state index contributed by atoms with van der Waals surface area (Å²) in [5.74, 6) is -1.04. The van der Waals surface area contributed by atoms with Gasteiger partial charge in [0.2, 0.25) is 5.13 Å². The van der Waals surface area contributed by atoms with Crippen LogP contribution < -0.4 is 0 Å². The Balaban J connectivity index is 2.23. The lowest BCUT2D eigenvalue weighted by Crippen LogP contribution is -2.11. The van der Waals surface area contributed by atoms with Crippen molar-refractivity contribution >= 4 is 29.1 Å². The van der Waals surface area contributed by atoms with Crippen molar-refractivity contribution in [3.63, 3.8) is 0 Å². The summed E-state index contributed by atoms with van der Waals surface area (Å²) in [6, 6.07) is 8.02. The zero-order valence-corrected chi connectivity index (χ0v) is 17.3. The number of thioether (sulfide) groups is 1. The van der Waals surface area contributed by atoms with Crippen LogP contribution in [-0.4, -0.2) is 33.1 Å². The number of rotatable bonds is 5. The molecule has 3 aromatic rings. The number of hydrogen-bond donors (Lipinski definition) is 0. The van der Waals surface area contributed by atoms with E-state index in [0.717, 1.165) is 4.21 Å². The number of aromatic nitrogens is 3. The number of nitrogens with zero attached hydrogens (tertiary/aromatic N) is 4. The number of benzene rings is 1. The molecule has 0 saturated heterocycles. The largest absolute Gasteiger partial charge is 0.464 e. The van der Waals surface area contributed by atoms with Crippen LogP contribution in [0.5, 0.6) is 0 Å². The monoisotopic (exact) mass is 416 g/mol. The summed E-state index contributed by atoms with van der Waals surface area (Å²) in [7, 11) is 1.27. The summed E-state index contributed by atoms with van der Waals surface area (Å²) in [6.45, 7) is 5.77. The molecule has 28 heavy (non-hydrogen) atoms. The molecule has 0 aliphatic heterocycles. The quantitative estimate of drug-likeness (QED) is 0.447. The Morgan fingerprint density at radius 3 is 2.79 bits per heavy atom. The highest BCUT2D eigenvalue weighted by Gasteiger charge is 2.27. The van der Waals surface area contributed by atoms with Gasteiger partial charge in [-0.3, -0.25) is 0 Å². The van der Waals surface area contributed by atoms with E-state index < -0.39 is 11.8 Å². The normalized spacial score (nSPS) is 10.9. The Hall–Kier alpha value is -2.70. The van der Waals surface area contributed by atoms with E-state index in [1.807, 2.05) is 13.8 Å². The summed E-state index contributed by atoms with van der Waals surface area (Å²) >= 11 is 2.80. The first-order valence-corrected chi connectivity index (χ1v) is 10.1. The fourth-order valence-electron chi connectivity index (χ4n) is 2.69. The number of nitriles is 1. The van der Waals surface area contributed by atoms with Gasteiger partial charge in [0.05, 0.1) is 12.8 Å². The average molecular weight is 417 g/mol. The van der Waals surface area contributed by atoms with E-state index in [4.69, 9.17) is 4.74 Å². The zero-order chi connectivity index (χ0) is 20.4. The molecule has 9 heteroatoms. The fourth-order valence-corrected chi connectivity index (χ4v) is 5.02. The van der Waals surface area contributed by atoms with Gasteiger partial charge in [0.15, 0.2) is 11.4 Å². The third-order valence-corrected chi connectivity index (χ3v) is 6.01. The maximum absolute atomic E-state index is 13.8. The van der Waals surface area contributed by atoms with Crippen molar-refractivity contribution in [1.82, 2.24) is 14.8 Å². The number of carbonyl (C=O) groups excluding carboxylic acids is 1. The Morgan fingerprint density at radius 1 is 1.43 bits per heavy atom. The predicted molar refractivity (Wildman–Crippen MR) is 106 cm³/mol. The van der Waals surface area contributed by atoms with E-state index in [1.54, 1.807) is 19.1 Å². The van der Waals surface area contributed by atoms with E-state index >= 15 is 0 Å². The molecule has 0 aliphatic rings. The second-order valence-electron chi connectivity index (χ2n) is 6.13. The molecule has 0 aliphatic carbocycles. The van der Waals surface area contributed by atoms with Crippen LogP contribution in [0.1, 0.15) is 35.7 Å². The minimum Gasteiger partial charge on any atom is -0.464 e. The second kappa shape index (κ2) is 8.12. The minimum atomic E-state index is -0.619. The third kappa shape index (κ3) is 3.79. The van der Waals surface area contributed by atoms with E-state index in [1.165, 1.54) is 47.0 Å². The maximum Gasteiger partial charge on any atom is 0.357 e. The fraction of sp³-hybridized carbons (Fsp3) is 0.263. The Morgan fingerprint density at radius 2 is 2.18 bits per heavy atom. The van der Waals surface area contributed by atoms with Gasteiger partial charge in [-0.2, -0.15) is 15.0 Å². The minimum absolute atomic E-state index is 0.143. The molecule has 3 rings (SSSR count). The van der Waals surface area contributed by atoms with Crippen LogP contribution in [0.3, 0.4) is 0 Å². The van der Waals surface area contributed by atoms with Crippen molar-refractivity contribution in [1.29, 1.82) is 5.26 Å². The molecular formula is C19H17FN4O2S2. The van der Waals surface area contributed by atoms with Crippen molar-refractivity contribution in [2.45, 2.75) is 30.2 Å². The van der Waals surface area contributed by atoms with Crippen molar-refractivity contribution in [2.24, 2.45) is 0 Å². The molecule has 6 nitrogen and oxygen atoms in total. The van der Waals surface area contributed by atoms with Gasteiger partial charge in [-0.25, -0.2) is 14.2 Å². The van der Waals surface area contributed by atoms with Gasteiger partial charge < -0.3 is 4.74 Å². The number of ether oxygens (including phenoxy) is 1. The van der Waals surface area contributed by atoms with Gasteiger partial charge >= 0.3 is 5.97 Å². The van der Waals surface area contributed by atoms with Crippen LogP contribution in [0.4, 0.5) is 4.39 Å². The molecule has 0 saturated carbocycles. The first kappa shape index (κ1) is 20.0. The smallest absolute Gasteiger partial charge is 0.357 e. The Kier molecular flexibility index (Phi) is 5.82. The molecule has 2 heterocycles. The standard InChI is InChI=1S/C19H17FN4O2S2/c1-10(2)27-18-14(9-21)22-19(28-18)24-16(17(25)26-4)15(11(3)23-24)12-6-5-7-13(20)8-12/h5-8,10H,1-4H3. The highest BCUT2D eigenvalue weighted by molar-refractivity contribution is 8.01. The predicted octanol–water partition coefficient (Wildman–Crippen LogP) is 4.60. The van der Waals surface area contributed by atoms with E-state index in [2.05, 4.69) is 16.2 Å². The zero-order valence-electron chi connectivity index (χ0n) is 15.7. The Labute approximate surface area is 170 Å². The van der Waals surface area contributed by atoms with Crippen molar-refractivity contribution in [3.05, 3.63) is 47.2 Å². The number of halogens is 1. The number of hydrogen-bond acceptors (Lipinski definition) is 7. The first-order valence-electron chi connectivity index (χ1n) is 8.37. The van der Waals surface area contributed by atoms with Crippen molar-refractivity contribution in [2.75, 3.05) is 7.11 Å². The summed E-state index contributed by atoms with van der Waals surface area (Å²) in [5.41, 5.74) is 1.94. The number of carbonyl (C=O) groups is 1. The van der Waals surface area contributed by atoms with Crippen molar-refractivity contribution < 1.29 is 13.9 Å². The summed E-state index contributed by atoms with van der Waals surface area (Å²) in [4.78, 5) is 16.9. The number of esters is 1. The molecule has 0 amide bonds. The molecule has 0 atom stereocenters. The molecule has 1 aromatic carbocycles. The molecule has 0 unspecified atom stereocenters. The Bertz CT molecular complexity index is 1080. The number of methoxy groups -OCH3 is 1. The van der Waals surface area contributed by atoms with Crippen LogP contribution in [0, 0.1) is 24.1 Å². The molecule has 2 aromatic heterocycles. The van der Waals surface area contributed by atoms with Gasteiger partial charge in [-0.15, -0.1) is 11.8 Å². The lowest BCUT2D eigenvalue weighted by molar-refractivity contribution is 0.0591. The van der Waals surface area contributed by atoms with Crippen molar-refractivity contribution in [3.8, 4) is 22.3 Å². The molecule has 0 spiro atoms. The number of aryl methyl sites for hydroxylation is 1. The van der Waals surface area contributed by atoms with Crippen LogP contribution in [0.2, 0.25) is 0 Å². The highest BCUT2D eigenvalue weighted by atomic mass is 32.2. The van der Waals surface area contributed by atoms with Crippen LogP contribution in [0.15, 0.2) is 28.5 Å². The van der Waals surface area contributed by atoms with Gasteiger partial charge in [-0.1, -0.05) is 37.3 Å². The van der Waals surface area contributed by atoms with E-state index in [-0.39, 0.29) is 16.6 Å². The molecule has 144 valence electrons. The number of thiazole rings is 1. The molecule has 0 radical (unpaired) electrons. The summed E-state index contributed by atoms with van der Waals surface area (Å²) < 4.78 is 20.8. The molecular weight excluding hydrogens is 399 g/mol. The highest BCUT2D eigenvalue weighted by Crippen LogP contribution is 2.36. The lowest BCUT2D eigenvalue weighted by atomic mass is 10.0. The summed E-state index contributed by atoms with van der Waals surface area (Å²) in [6.07, 6.45) is 0. The lowest BCUT2D eigenvalue weighted by Gasteiger charge is -2.06. The summed E-state index contributed by atoms with van der Waals surface area (Å²) in [5, 5.41) is 14.5. The molecule has 0 fully saturated rings. The van der Waals surface area contributed by atoms with Gasteiger partial charge in [0.25, 0.3) is 0 Å². The van der Waals surface area contributed by atoms with E-state index in [9.17, 15) is 14.4 Å². The van der Waals surface area contributed by atoms with Crippen LogP contribution >= 0.6 is 23.1 Å². The topological polar surface area (TPSA) is 80.8 Å². The molecule has 0 N–H and O–H groups in total. The average Bonchev–Trinajstić information content (AvgIpc) is 3.21. The first-order chi connectivity index (χ1) is 13.3. The van der Waals surface area contributed by atoms with Crippen LogP contribution in [-0.2, 0) is 4.74 Å².